The summed E-state index contributed by atoms with van der Waals surface area (Å²) in [5, 5.41) is 0. The molecule has 0 radical (unpaired) electrons. The maximum absolute atomic E-state index is 12.6. The van der Waals surface area contributed by atoms with Gasteiger partial charge < -0.3 is 9.57 Å². The third-order valence-corrected chi connectivity index (χ3v) is 5.36. The van der Waals surface area contributed by atoms with Crippen molar-refractivity contribution < 1.29 is 27.6 Å². The molecule has 1 aliphatic heterocycles. The van der Waals surface area contributed by atoms with Gasteiger partial charge in [0, 0.05) is 19.1 Å². The number of carbonyl (C=O) groups excluding carboxylic acids is 2. The van der Waals surface area contributed by atoms with E-state index >= 15 is 0 Å². The molecule has 0 atom stereocenters. The van der Waals surface area contributed by atoms with Crippen molar-refractivity contribution in [2.45, 2.75) is 32.9 Å². The van der Waals surface area contributed by atoms with Gasteiger partial charge in [0.25, 0.3) is 0 Å². The molecule has 1 aromatic carbocycles. The van der Waals surface area contributed by atoms with Gasteiger partial charge in [-0.3, -0.25) is 4.90 Å². The first-order chi connectivity index (χ1) is 12.0. The fourth-order valence-electron chi connectivity index (χ4n) is 2.28. The van der Waals surface area contributed by atoms with Crippen molar-refractivity contribution in [2.24, 2.45) is 0 Å². The fourth-order valence-corrected chi connectivity index (χ4v) is 3.26. The van der Waals surface area contributed by atoms with E-state index in [2.05, 4.69) is 4.74 Å². The second-order valence-corrected chi connectivity index (χ2v) is 8.55. The molecule has 1 heterocycles. The second kappa shape index (κ2) is 7.50. The van der Waals surface area contributed by atoms with E-state index in [4.69, 9.17) is 4.84 Å². The third-order valence-electron chi connectivity index (χ3n) is 3.75. The second-order valence-electron chi connectivity index (χ2n) is 6.70. The van der Waals surface area contributed by atoms with Gasteiger partial charge in [0.2, 0.25) is 0 Å². The van der Waals surface area contributed by atoms with Crippen molar-refractivity contribution in [1.29, 1.82) is 0 Å². The smallest absolute Gasteiger partial charge is 0.430 e. The average molecular weight is 385 g/mol. The standard InChI is InChI=1S/C16H23N3O6S/c1-16(2,3)18(12-13-8-6-5-7-9-13)14(20)25-17(4)26(22,23)19-10-11-24-15(19)21/h5-9H,10-12H2,1-4H3. The molecule has 0 aliphatic carbocycles. The van der Waals surface area contributed by atoms with E-state index in [1.807, 2.05) is 51.1 Å². The number of hydrogen-bond donors (Lipinski definition) is 0. The highest BCUT2D eigenvalue weighted by molar-refractivity contribution is 7.87. The van der Waals surface area contributed by atoms with Gasteiger partial charge in [0.1, 0.15) is 6.61 Å². The summed E-state index contributed by atoms with van der Waals surface area (Å²) >= 11 is 0. The Kier molecular flexibility index (Phi) is 5.77. The minimum absolute atomic E-state index is 0.0397. The van der Waals surface area contributed by atoms with E-state index in [0.717, 1.165) is 12.6 Å². The number of cyclic esters (lactones) is 1. The van der Waals surface area contributed by atoms with E-state index in [1.54, 1.807) is 0 Å². The van der Waals surface area contributed by atoms with Gasteiger partial charge in [-0.1, -0.05) is 30.3 Å². The van der Waals surface area contributed by atoms with Crippen LogP contribution in [-0.2, 0) is 26.3 Å². The fraction of sp³-hybridized carbons (Fsp3) is 0.500. The number of hydrogen-bond acceptors (Lipinski definition) is 6. The molecule has 0 N–H and O–H groups in total. The molecule has 0 unspecified atom stereocenters. The summed E-state index contributed by atoms with van der Waals surface area (Å²) in [6, 6.07) is 9.26. The molecule has 10 heteroatoms. The maximum atomic E-state index is 12.6. The first-order valence-corrected chi connectivity index (χ1v) is 9.40. The topological polar surface area (TPSA) is 96.5 Å². The Morgan fingerprint density at radius 1 is 1.27 bits per heavy atom. The first-order valence-electron chi connectivity index (χ1n) is 8.00. The molecule has 2 rings (SSSR count). The summed E-state index contributed by atoms with van der Waals surface area (Å²) in [4.78, 5) is 30.5. The molecule has 144 valence electrons. The lowest BCUT2D eigenvalue weighted by Gasteiger charge is -2.35. The van der Waals surface area contributed by atoms with Crippen LogP contribution in [0.15, 0.2) is 30.3 Å². The first kappa shape index (κ1) is 20.0. The van der Waals surface area contributed by atoms with Crippen LogP contribution in [0.2, 0.25) is 0 Å². The highest BCUT2D eigenvalue weighted by Gasteiger charge is 2.39. The summed E-state index contributed by atoms with van der Waals surface area (Å²) in [6.45, 7) is 5.50. The van der Waals surface area contributed by atoms with Crippen LogP contribution < -0.4 is 0 Å². The van der Waals surface area contributed by atoms with Crippen LogP contribution in [0.25, 0.3) is 0 Å². The number of nitrogens with zero attached hydrogens (tertiary/aromatic N) is 3. The van der Waals surface area contributed by atoms with Crippen LogP contribution in [0.4, 0.5) is 9.59 Å². The zero-order valence-corrected chi connectivity index (χ0v) is 16.0. The third kappa shape index (κ3) is 4.44. The highest BCUT2D eigenvalue weighted by atomic mass is 32.2. The Bertz CT molecular complexity index is 760. The van der Waals surface area contributed by atoms with Crippen LogP contribution in [0.1, 0.15) is 26.3 Å². The van der Waals surface area contributed by atoms with Crippen LogP contribution in [-0.4, -0.2) is 60.0 Å². The zero-order chi connectivity index (χ0) is 19.5. The Morgan fingerprint density at radius 3 is 2.38 bits per heavy atom. The van der Waals surface area contributed by atoms with Crippen LogP contribution >= 0.6 is 0 Å². The van der Waals surface area contributed by atoms with E-state index < -0.39 is 27.9 Å². The van der Waals surface area contributed by atoms with E-state index in [0.29, 0.717) is 8.77 Å². The molecule has 0 aromatic heterocycles. The normalized spacial score (nSPS) is 15.1. The van der Waals surface area contributed by atoms with Gasteiger partial charge in [-0.25, -0.2) is 9.59 Å². The number of ether oxygens (including phenoxy) is 1. The van der Waals surface area contributed by atoms with Crippen molar-refractivity contribution in [2.75, 3.05) is 20.2 Å². The van der Waals surface area contributed by atoms with E-state index in [-0.39, 0.29) is 19.7 Å². The van der Waals surface area contributed by atoms with Crippen LogP contribution in [0, 0.1) is 0 Å². The number of carbonyl (C=O) groups is 2. The summed E-state index contributed by atoms with van der Waals surface area (Å²) < 4.78 is 30.2. The lowest BCUT2D eigenvalue weighted by molar-refractivity contribution is -0.0410. The van der Waals surface area contributed by atoms with Crippen molar-refractivity contribution in [3.05, 3.63) is 35.9 Å². The SMILES string of the molecule is CN(OC(=O)N(Cc1ccccc1)C(C)(C)C)S(=O)(=O)N1CCOC1=O. The molecule has 9 nitrogen and oxygen atoms in total. The Balaban J connectivity index is 2.14. The minimum Gasteiger partial charge on any atom is -0.447 e. The lowest BCUT2D eigenvalue weighted by atomic mass is 10.1. The van der Waals surface area contributed by atoms with Crippen molar-refractivity contribution in [3.8, 4) is 0 Å². The van der Waals surface area contributed by atoms with Crippen molar-refractivity contribution in [1.82, 2.24) is 13.7 Å². The predicted octanol–water partition coefficient (Wildman–Crippen LogP) is 1.97. The molecular formula is C16H23N3O6S. The summed E-state index contributed by atoms with van der Waals surface area (Å²) in [5.41, 5.74) is 0.248. The molecule has 1 saturated heterocycles. The van der Waals surface area contributed by atoms with Crippen LogP contribution in [0.5, 0.6) is 0 Å². The number of rotatable bonds is 5. The quantitative estimate of drug-likeness (QED) is 0.719. The predicted molar refractivity (Wildman–Crippen MR) is 93.0 cm³/mol. The van der Waals surface area contributed by atoms with Crippen LogP contribution in [0.3, 0.4) is 0 Å². The molecule has 26 heavy (non-hydrogen) atoms. The lowest BCUT2D eigenvalue weighted by Crippen LogP contribution is -2.49. The Labute approximate surface area is 153 Å². The molecular weight excluding hydrogens is 362 g/mol. The van der Waals surface area contributed by atoms with Gasteiger partial charge in [-0.15, -0.1) is 0 Å². The molecule has 0 spiro atoms. The molecule has 1 fully saturated rings. The number of amides is 2. The highest BCUT2D eigenvalue weighted by Crippen LogP contribution is 2.20. The van der Waals surface area contributed by atoms with Crippen molar-refractivity contribution >= 4 is 22.4 Å². The largest absolute Gasteiger partial charge is 0.447 e. The molecule has 0 saturated carbocycles. The Morgan fingerprint density at radius 2 is 1.88 bits per heavy atom. The summed E-state index contributed by atoms with van der Waals surface area (Å²) in [7, 11) is -3.25. The van der Waals surface area contributed by atoms with Crippen molar-refractivity contribution in [3.63, 3.8) is 0 Å². The minimum atomic E-state index is -4.31. The number of benzene rings is 1. The zero-order valence-electron chi connectivity index (χ0n) is 15.2. The Hall–Kier alpha value is -2.33. The monoisotopic (exact) mass is 385 g/mol. The van der Waals surface area contributed by atoms with E-state index in [9.17, 15) is 18.0 Å². The van der Waals surface area contributed by atoms with Gasteiger partial charge in [0.15, 0.2) is 0 Å². The van der Waals surface area contributed by atoms with Gasteiger partial charge >= 0.3 is 22.4 Å². The van der Waals surface area contributed by atoms with Gasteiger partial charge in [-0.05, 0) is 30.8 Å². The summed E-state index contributed by atoms with van der Waals surface area (Å²) in [6.07, 6.45) is -1.84. The molecule has 0 bridgehead atoms. The van der Waals surface area contributed by atoms with Gasteiger partial charge in [0.05, 0.1) is 6.54 Å². The molecule has 1 aliphatic rings. The maximum Gasteiger partial charge on any atom is 0.430 e. The average Bonchev–Trinajstić information content (AvgIpc) is 2.99. The number of hydroxylamine groups is 1. The summed E-state index contributed by atoms with van der Waals surface area (Å²) in [5.74, 6) is 0. The van der Waals surface area contributed by atoms with E-state index in [1.165, 1.54) is 4.90 Å². The van der Waals surface area contributed by atoms with Gasteiger partial charge in [-0.2, -0.15) is 12.7 Å². The molecule has 1 aromatic rings. The molecule has 2 amide bonds.